The van der Waals surface area contributed by atoms with Gasteiger partial charge in [-0.3, -0.25) is 19.3 Å². The van der Waals surface area contributed by atoms with Gasteiger partial charge in [0, 0.05) is 35.5 Å². The molecule has 258 valence electrons. The number of β-lactam (4-membered cyclic amide) rings is 1. The molecule has 2 aromatic heterocycles. The zero-order valence-electron chi connectivity index (χ0n) is 25.8. The molecular weight excluding hydrogens is 730 g/mol. The van der Waals surface area contributed by atoms with E-state index >= 15 is 0 Å². The molecule has 48 heavy (non-hydrogen) atoms. The van der Waals surface area contributed by atoms with Crippen molar-refractivity contribution in [3.8, 4) is 0 Å². The average Bonchev–Trinajstić information content (AvgIpc) is 3.75. The molecule has 1 aliphatic carbocycles. The second kappa shape index (κ2) is 15.7. The summed E-state index contributed by atoms with van der Waals surface area (Å²) in [6, 6.07) is 1.88. The number of aliphatic hydroxyl groups excluding tert-OH is 1. The molecule has 2 aromatic rings. The molecule has 0 aromatic carbocycles. The Morgan fingerprint density at radius 1 is 1.19 bits per heavy atom. The van der Waals surface area contributed by atoms with Gasteiger partial charge < -0.3 is 52.7 Å². The minimum absolute atomic E-state index is 0. The van der Waals surface area contributed by atoms with Gasteiger partial charge in [0.05, 0.1) is 11.9 Å². The minimum Gasteiger partial charge on any atom is -1.00 e. The third-order valence-corrected chi connectivity index (χ3v) is 10.3. The number of likely N-dealkylation sites (tertiary alicyclic amines) is 1. The number of rotatable bonds is 11. The normalized spacial score (nSPS) is 21.6. The summed E-state index contributed by atoms with van der Waals surface area (Å²) in [5.74, 6) is -2.31. The lowest BCUT2D eigenvalue weighted by atomic mass is 9.92. The third-order valence-electron chi connectivity index (χ3n) is 8.58. The molecule has 3 fully saturated rings. The summed E-state index contributed by atoms with van der Waals surface area (Å²) >= 11 is 2.47. The third kappa shape index (κ3) is 7.93. The Bertz CT molecular complexity index is 1590. The standard InChI is InChI=1S/C30H35N7O8S2.BrH/c31-30-32-20(15-47-30)24(34-45-18-3-1-2-4-18)27(40)33-25-21-14-44-22(26(29(42)43)37(21)28(25)41)16-46-19-7-9-35(10-8-19)13-23(39)36-11-5-17(38)6-12-36;/h7-10,15,17-18,21,25,38H,1-6,11-14,16H2,(H3-,31,32,33,40,42,43);1H/b34-24-;/t21-,25+;/m1./s1. The molecule has 18 heteroatoms. The number of thioether (sulfide) groups is 1. The van der Waals surface area contributed by atoms with Crippen LogP contribution in [0.15, 0.2) is 51.4 Å². The highest BCUT2D eigenvalue weighted by atomic mass is 79.9. The molecule has 0 bridgehead atoms. The number of carbonyl (C=O) groups excluding carboxylic acids is 3. The fraction of sp³-hybridized carbons (Fsp3) is 0.500. The number of thiazole rings is 1. The van der Waals surface area contributed by atoms with Crippen molar-refractivity contribution in [3.63, 3.8) is 0 Å². The molecule has 2 saturated heterocycles. The molecule has 2 atom stereocenters. The first kappa shape index (κ1) is 35.6. The van der Waals surface area contributed by atoms with Crippen LogP contribution in [-0.2, 0) is 35.3 Å². The number of carbonyl (C=O) groups is 4. The molecule has 5 heterocycles. The fourth-order valence-electron chi connectivity index (χ4n) is 5.97. The Balaban J connectivity index is 0.00000451. The summed E-state index contributed by atoms with van der Waals surface area (Å²) in [5, 5.41) is 28.3. The first-order valence-corrected chi connectivity index (χ1v) is 17.3. The number of nitrogens with zero attached hydrogens (tertiary/aromatic N) is 5. The van der Waals surface area contributed by atoms with Crippen LogP contribution in [0, 0.1) is 0 Å². The zero-order chi connectivity index (χ0) is 33.1. The number of hydrogen-bond acceptors (Lipinski definition) is 12. The Hall–Kier alpha value is -3.74. The number of ether oxygens (including phenoxy) is 1. The van der Waals surface area contributed by atoms with Gasteiger partial charge in [-0.15, -0.1) is 23.1 Å². The van der Waals surface area contributed by atoms with Crippen LogP contribution in [0.4, 0.5) is 5.13 Å². The van der Waals surface area contributed by atoms with Gasteiger partial charge in [0.2, 0.25) is 6.54 Å². The van der Waals surface area contributed by atoms with Crippen molar-refractivity contribution in [1.82, 2.24) is 20.1 Å². The van der Waals surface area contributed by atoms with Crippen molar-refractivity contribution in [2.45, 2.75) is 74.3 Å². The Labute approximate surface area is 294 Å². The largest absolute Gasteiger partial charge is 1.00 e. The smallest absolute Gasteiger partial charge is 0.356 e. The number of aliphatic carboxylic acids is 1. The van der Waals surface area contributed by atoms with E-state index < -0.39 is 29.9 Å². The van der Waals surface area contributed by atoms with E-state index in [-0.39, 0.29) is 82.0 Å². The second-order valence-corrected chi connectivity index (χ2v) is 13.7. The summed E-state index contributed by atoms with van der Waals surface area (Å²) in [5.41, 5.74) is 5.62. The summed E-state index contributed by atoms with van der Waals surface area (Å²) in [6.45, 7) is 1.24. The summed E-state index contributed by atoms with van der Waals surface area (Å²) in [4.78, 5) is 65.0. The summed E-state index contributed by atoms with van der Waals surface area (Å²) in [7, 11) is 0. The lowest BCUT2D eigenvalue weighted by molar-refractivity contribution is -0.685. The predicted octanol–water partition coefficient (Wildman–Crippen LogP) is -2.52. The Morgan fingerprint density at radius 3 is 2.54 bits per heavy atom. The number of amides is 3. The quantitative estimate of drug-likeness (QED) is 0.0619. The number of hydrogen-bond donors (Lipinski definition) is 4. The zero-order valence-corrected chi connectivity index (χ0v) is 29.0. The maximum absolute atomic E-state index is 13.3. The maximum atomic E-state index is 13.3. The highest BCUT2D eigenvalue weighted by Crippen LogP contribution is 2.35. The Morgan fingerprint density at radius 2 is 1.90 bits per heavy atom. The lowest BCUT2D eigenvalue weighted by Crippen LogP contribution is -3.00. The second-order valence-electron chi connectivity index (χ2n) is 11.7. The molecule has 5 N–H and O–H groups in total. The Kier molecular flexibility index (Phi) is 11.6. The first-order valence-electron chi connectivity index (χ1n) is 15.4. The van der Waals surface area contributed by atoms with E-state index in [1.165, 1.54) is 11.8 Å². The van der Waals surface area contributed by atoms with Crippen LogP contribution in [-0.4, -0.2) is 104 Å². The number of nitrogen functional groups attached to an aromatic ring is 1. The van der Waals surface area contributed by atoms with E-state index in [4.69, 9.17) is 15.3 Å². The molecule has 3 amide bonds. The van der Waals surface area contributed by atoms with Gasteiger partial charge in [0.1, 0.15) is 36.2 Å². The SMILES string of the molecule is Nc1nc(/C(=N/OC2CCCC2)C(=O)N[C@@H]2C(=O)N3C(C(=O)O)=C(CSc4cc[n+](CC(=O)N5CCC(O)CC5)cc4)OC[C@H]23)cs1.[Br-]. The van der Waals surface area contributed by atoms with Gasteiger partial charge in [0.25, 0.3) is 17.7 Å². The van der Waals surface area contributed by atoms with Gasteiger partial charge >= 0.3 is 5.97 Å². The van der Waals surface area contributed by atoms with Crippen LogP contribution >= 0.6 is 23.1 Å². The van der Waals surface area contributed by atoms with Gasteiger partial charge in [-0.05, 0) is 38.5 Å². The number of halogens is 1. The predicted molar refractivity (Wildman–Crippen MR) is 169 cm³/mol. The van der Waals surface area contributed by atoms with Crippen molar-refractivity contribution >= 4 is 57.6 Å². The molecule has 0 unspecified atom stereocenters. The van der Waals surface area contributed by atoms with Crippen LogP contribution in [0.5, 0.6) is 0 Å². The van der Waals surface area contributed by atoms with E-state index in [1.807, 2.05) is 12.1 Å². The van der Waals surface area contributed by atoms with Crippen LogP contribution in [0.25, 0.3) is 0 Å². The number of aromatic nitrogens is 2. The van der Waals surface area contributed by atoms with Crippen molar-refractivity contribution in [2.24, 2.45) is 5.16 Å². The van der Waals surface area contributed by atoms with Crippen LogP contribution < -0.4 is 32.6 Å². The van der Waals surface area contributed by atoms with Gasteiger partial charge in [-0.2, -0.15) is 4.57 Å². The number of oxime groups is 1. The fourth-order valence-corrected chi connectivity index (χ4v) is 7.35. The molecule has 6 rings (SSSR count). The molecule has 4 aliphatic rings. The van der Waals surface area contributed by atoms with E-state index in [2.05, 4.69) is 15.5 Å². The van der Waals surface area contributed by atoms with Crippen molar-refractivity contribution in [1.29, 1.82) is 0 Å². The lowest BCUT2D eigenvalue weighted by Gasteiger charge is -2.49. The van der Waals surface area contributed by atoms with E-state index in [9.17, 15) is 29.4 Å². The van der Waals surface area contributed by atoms with Crippen LogP contribution in [0.1, 0.15) is 44.2 Å². The monoisotopic (exact) mass is 765 g/mol. The van der Waals surface area contributed by atoms with Gasteiger partial charge in [-0.25, -0.2) is 9.78 Å². The van der Waals surface area contributed by atoms with Crippen LogP contribution in [0.2, 0.25) is 0 Å². The number of carboxylic acids is 1. The molecule has 1 saturated carbocycles. The highest BCUT2D eigenvalue weighted by molar-refractivity contribution is 7.99. The maximum Gasteiger partial charge on any atom is 0.356 e. The molecule has 3 aliphatic heterocycles. The van der Waals surface area contributed by atoms with Crippen LogP contribution in [0.3, 0.4) is 0 Å². The number of aliphatic hydroxyl groups is 1. The number of pyridine rings is 1. The molecule has 15 nitrogen and oxygen atoms in total. The molecular formula is C30H36BrN7O8S2. The minimum atomic E-state index is -1.32. The summed E-state index contributed by atoms with van der Waals surface area (Å²) < 4.78 is 7.62. The number of fused-ring (bicyclic) bond motifs is 1. The van der Waals surface area contributed by atoms with Gasteiger partial charge in [0.15, 0.2) is 28.9 Å². The van der Waals surface area contributed by atoms with E-state index in [1.54, 1.807) is 27.2 Å². The highest BCUT2D eigenvalue weighted by Gasteiger charge is 2.55. The first-order chi connectivity index (χ1) is 22.7. The number of piperidine rings is 1. The van der Waals surface area contributed by atoms with Gasteiger partial charge in [-0.1, -0.05) is 5.16 Å². The molecule has 0 radical (unpaired) electrons. The van der Waals surface area contributed by atoms with Crippen molar-refractivity contribution in [2.75, 3.05) is 31.2 Å². The number of carboxylic acid groups (broad SMARTS) is 1. The number of nitrogens with one attached hydrogen (secondary N) is 1. The van der Waals surface area contributed by atoms with Crippen molar-refractivity contribution < 1.29 is 60.5 Å². The van der Waals surface area contributed by atoms with Crippen molar-refractivity contribution in [3.05, 3.63) is 47.1 Å². The topological polar surface area (TPSA) is 201 Å². The molecule has 0 spiro atoms. The van der Waals surface area contributed by atoms with E-state index in [0.29, 0.717) is 25.9 Å². The number of anilines is 1. The average molecular weight is 767 g/mol. The van der Waals surface area contributed by atoms with E-state index in [0.717, 1.165) is 46.8 Å². The number of nitrogens with two attached hydrogens (primary N) is 1. The summed E-state index contributed by atoms with van der Waals surface area (Å²) in [6.07, 6.45) is 7.92.